The average molecular weight is 479 g/mol. The maximum absolute atomic E-state index is 10.8. The van der Waals surface area contributed by atoms with E-state index in [1.165, 1.54) is 0 Å². The molecule has 0 saturated carbocycles. The maximum atomic E-state index is 10.8. The van der Waals surface area contributed by atoms with Gasteiger partial charge in [0, 0.05) is 22.4 Å². The van der Waals surface area contributed by atoms with Crippen LogP contribution < -0.4 is 4.74 Å². The highest BCUT2D eigenvalue weighted by Crippen LogP contribution is 2.34. The van der Waals surface area contributed by atoms with Crippen LogP contribution in [0.1, 0.15) is 19.3 Å². The van der Waals surface area contributed by atoms with E-state index in [4.69, 9.17) is 14.9 Å². The molecule has 1 aliphatic rings. The van der Waals surface area contributed by atoms with Crippen LogP contribution >= 0.6 is 15.9 Å². The second kappa shape index (κ2) is 9.79. The minimum absolute atomic E-state index is 0.0873. The molecule has 1 aliphatic carbocycles. The Bertz CT molecular complexity index is 1120. The van der Waals surface area contributed by atoms with Gasteiger partial charge >= 0.3 is 5.97 Å². The van der Waals surface area contributed by atoms with E-state index in [1.54, 1.807) is 0 Å². The van der Waals surface area contributed by atoms with Gasteiger partial charge in [0.15, 0.2) is 0 Å². The van der Waals surface area contributed by atoms with Gasteiger partial charge in [-0.05, 0) is 37.1 Å². The van der Waals surface area contributed by atoms with Gasteiger partial charge in [0.1, 0.15) is 5.75 Å². The number of carboxylic acids is 1. The summed E-state index contributed by atoms with van der Waals surface area (Å²) in [6.45, 7) is 0.343. The Morgan fingerprint density at radius 1 is 1.16 bits per heavy atom. The van der Waals surface area contributed by atoms with Gasteiger partial charge < -0.3 is 9.84 Å². The second-order valence-corrected chi connectivity index (χ2v) is 8.45. The standard InChI is InChI=1S/C25H23BrN2O3/c26-19-12-14-20(15-13-19)28-23(18-7-2-1-3-8-18)17-22(27-28)21-9-4-5-10-24(21)31-16-6-11-25(29)30/h1-5,7-10,12,14-15,17,19H,6,11,13,16H2,(H,29,30). The van der Waals surface area contributed by atoms with Crippen LogP contribution in [0.5, 0.6) is 5.75 Å². The van der Waals surface area contributed by atoms with Crippen molar-refractivity contribution in [1.29, 1.82) is 0 Å². The monoisotopic (exact) mass is 478 g/mol. The molecule has 1 heterocycles. The van der Waals surface area contributed by atoms with Gasteiger partial charge in [0.2, 0.25) is 0 Å². The molecule has 1 N–H and O–H groups in total. The number of ether oxygens (including phenoxy) is 1. The van der Waals surface area contributed by atoms with Gasteiger partial charge in [-0.25, -0.2) is 4.68 Å². The molecule has 0 aliphatic heterocycles. The fourth-order valence-electron chi connectivity index (χ4n) is 3.47. The first-order valence-corrected chi connectivity index (χ1v) is 11.2. The van der Waals surface area contributed by atoms with Crippen molar-refractivity contribution in [3.8, 4) is 28.3 Å². The van der Waals surface area contributed by atoms with E-state index in [2.05, 4.69) is 52.4 Å². The molecule has 2 aromatic carbocycles. The van der Waals surface area contributed by atoms with Crippen LogP contribution in [0.3, 0.4) is 0 Å². The quantitative estimate of drug-likeness (QED) is 0.317. The molecule has 0 spiro atoms. The Labute approximate surface area is 189 Å². The number of benzene rings is 2. The molecule has 0 fully saturated rings. The Morgan fingerprint density at radius 2 is 1.94 bits per heavy atom. The van der Waals surface area contributed by atoms with Crippen LogP contribution in [0.4, 0.5) is 0 Å². The van der Waals surface area contributed by atoms with E-state index in [-0.39, 0.29) is 6.42 Å². The number of hydrogen-bond acceptors (Lipinski definition) is 3. The number of allylic oxidation sites excluding steroid dienone is 4. The number of halogens is 1. The summed E-state index contributed by atoms with van der Waals surface area (Å²) < 4.78 is 7.88. The van der Waals surface area contributed by atoms with Crippen LogP contribution in [0.25, 0.3) is 28.2 Å². The Kier molecular flexibility index (Phi) is 6.67. The van der Waals surface area contributed by atoms with Crippen LogP contribution in [0.2, 0.25) is 0 Å². The highest BCUT2D eigenvalue weighted by molar-refractivity contribution is 9.09. The van der Waals surface area contributed by atoms with Crippen molar-refractivity contribution in [2.75, 3.05) is 6.61 Å². The number of alkyl halides is 1. The molecule has 1 unspecified atom stereocenters. The molecule has 1 atom stereocenters. The normalized spacial score (nSPS) is 15.5. The molecule has 1 aromatic heterocycles. The summed E-state index contributed by atoms with van der Waals surface area (Å²) in [6.07, 6.45) is 7.84. The number of aromatic nitrogens is 2. The van der Waals surface area contributed by atoms with Gasteiger partial charge in [-0.2, -0.15) is 5.10 Å². The van der Waals surface area contributed by atoms with Crippen molar-refractivity contribution in [2.45, 2.75) is 24.1 Å². The van der Waals surface area contributed by atoms with Crippen LogP contribution in [0, 0.1) is 0 Å². The minimum Gasteiger partial charge on any atom is -0.493 e. The van der Waals surface area contributed by atoms with Crippen molar-refractivity contribution in [3.05, 3.63) is 78.9 Å². The zero-order chi connectivity index (χ0) is 21.6. The molecule has 0 amide bonds. The molecule has 0 radical (unpaired) electrons. The highest BCUT2D eigenvalue weighted by atomic mass is 79.9. The van der Waals surface area contributed by atoms with Gasteiger partial charge in [0.25, 0.3) is 0 Å². The van der Waals surface area contributed by atoms with Crippen LogP contribution in [-0.2, 0) is 4.79 Å². The summed E-state index contributed by atoms with van der Waals surface area (Å²) in [6, 6.07) is 20.0. The third kappa shape index (κ3) is 5.14. The number of para-hydroxylation sites is 1. The number of nitrogens with zero attached hydrogens (tertiary/aromatic N) is 2. The molecule has 3 aromatic rings. The summed E-state index contributed by atoms with van der Waals surface area (Å²) in [5.74, 6) is -0.117. The lowest BCUT2D eigenvalue weighted by molar-refractivity contribution is -0.137. The number of aliphatic carboxylic acids is 1. The first-order chi connectivity index (χ1) is 15.1. The van der Waals surface area contributed by atoms with Crippen molar-refractivity contribution in [2.24, 2.45) is 0 Å². The lowest BCUT2D eigenvalue weighted by Crippen LogP contribution is -2.05. The zero-order valence-corrected chi connectivity index (χ0v) is 18.5. The first-order valence-electron chi connectivity index (χ1n) is 10.2. The lowest BCUT2D eigenvalue weighted by Gasteiger charge is -2.13. The first kappa shape index (κ1) is 21.1. The third-order valence-corrected chi connectivity index (χ3v) is 5.69. The number of rotatable bonds is 8. The van der Waals surface area contributed by atoms with Crippen LogP contribution in [-0.4, -0.2) is 32.3 Å². The van der Waals surface area contributed by atoms with E-state index in [0.717, 1.165) is 34.6 Å². The zero-order valence-electron chi connectivity index (χ0n) is 16.9. The molecular formula is C25H23BrN2O3. The van der Waals surface area contributed by atoms with Crippen molar-refractivity contribution >= 4 is 27.6 Å². The van der Waals surface area contributed by atoms with Gasteiger partial charge in [-0.15, -0.1) is 0 Å². The van der Waals surface area contributed by atoms with Crippen molar-refractivity contribution in [1.82, 2.24) is 9.78 Å². The van der Waals surface area contributed by atoms with E-state index in [1.807, 2.05) is 47.1 Å². The Hall–Kier alpha value is -3.12. The summed E-state index contributed by atoms with van der Waals surface area (Å²) in [7, 11) is 0. The highest BCUT2D eigenvalue weighted by Gasteiger charge is 2.17. The van der Waals surface area contributed by atoms with Gasteiger partial charge in [0.05, 0.1) is 23.7 Å². The fourth-order valence-corrected chi connectivity index (χ4v) is 3.81. The summed E-state index contributed by atoms with van der Waals surface area (Å²) in [5, 5.41) is 13.8. The maximum Gasteiger partial charge on any atom is 0.303 e. The van der Waals surface area contributed by atoms with E-state index in [0.29, 0.717) is 23.6 Å². The predicted molar refractivity (Wildman–Crippen MR) is 126 cm³/mol. The molecule has 0 bridgehead atoms. The topological polar surface area (TPSA) is 64.3 Å². The van der Waals surface area contributed by atoms with Crippen molar-refractivity contribution < 1.29 is 14.6 Å². The fraction of sp³-hybridized carbons (Fsp3) is 0.200. The summed E-state index contributed by atoms with van der Waals surface area (Å²) in [5.41, 5.74) is 4.80. The van der Waals surface area contributed by atoms with Crippen LogP contribution in [0.15, 0.2) is 78.9 Å². The average Bonchev–Trinajstić information content (AvgIpc) is 3.23. The second-order valence-electron chi connectivity index (χ2n) is 7.27. The Balaban J connectivity index is 1.70. The van der Waals surface area contributed by atoms with E-state index >= 15 is 0 Å². The molecule has 31 heavy (non-hydrogen) atoms. The SMILES string of the molecule is O=C(O)CCCOc1ccccc1-c1cc(-c2ccccc2)n(C2=CCC(Br)C=C2)n1. The minimum atomic E-state index is -0.817. The van der Waals surface area contributed by atoms with Gasteiger partial charge in [-0.3, -0.25) is 4.79 Å². The lowest BCUT2D eigenvalue weighted by atomic mass is 10.1. The molecule has 5 nitrogen and oxygen atoms in total. The van der Waals surface area contributed by atoms with E-state index < -0.39 is 5.97 Å². The molecule has 158 valence electrons. The van der Waals surface area contributed by atoms with Crippen molar-refractivity contribution in [3.63, 3.8) is 0 Å². The number of carboxylic acid groups (broad SMARTS) is 1. The molecule has 4 rings (SSSR count). The van der Waals surface area contributed by atoms with Gasteiger partial charge in [-0.1, -0.05) is 70.5 Å². The summed E-state index contributed by atoms with van der Waals surface area (Å²) in [4.78, 5) is 11.1. The molecule has 6 heteroatoms. The number of carbonyl (C=O) groups is 1. The smallest absolute Gasteiger partial charge is 0.303 e. The Morgan fingerprint density at radius 3 is 2.68 bits per heavy atom. The summed E-state index contributed by atoms with van der Waals surface area (Å²) >= 11 is 3.63. The molecular weight excluding hydrogens is 456 g/mol. The van der Waals surface area contributed by atoms with E-state index in [9.17, 15) is 4.79 Å². The predicted octanol–water partition coefficient (Wildman–Crippen LogP) is 6.03. The number of hydrogen-bond donors (Lipinski definition) is 1. The third-order valence-electron chi connectivity index (χ3n) is 5.01. The largest absolute Gasteiger partial charge is 0.493 e. The molecule has 0 saturated heterocycles.